The highest BCUT2D eigenvalue weighted by atomic mass is 35.5. The van der Waals surface area contributed by atoms with Gasteiger partial charge >= 0.3 is 0 Å². The Hall–Kier alpha value is -1.97. The first kappa shape index (κ1) is 16.5. The van der Waals surface area contributed by atoms with Crippen molar-refractivity contribution in [3.63, 3.8) is 0 Å². The van der Waals surface area contributed by atoms with Crippen molar-refractivity contribution in [2.24, 2.45) is 0 Å². The quantitative estimate of drug-likeness (QED) is 0.607. The van der Waals surface area contributed by atoms with Crippen molar-refractivity contribution in [3.8, 4) is 16.9 Å². The number of fused-ring (bicyclic) bond motifs is 1. The summed E-state index contributed by atoms with van der Waals surface area (Å²) in [5, 5.41) is 9.78. The Morgan fingerprint density at radius 3 is 2.76 bits per heavy atom. The zero-order valence-corrected chi connectivity index (χ0v) is 15.5. The normalized spacial score (nSPS) is 13.9. The van der Waals surface area contributed by atoms with Gasteiger partial charge in [-0.15, -0.1) is 0 Å². The highest BCUT2D eigenvalue weighted by Gasteiger charge is 2.23. The fourth-order valence-corrected chi connectivity index (χ4v) is 3.74. The number of rotatable bonds is 2. The SMILES string of the molecule is Cc1ccccc1-c1nn(-c2cc(Cl)ccc2Cl)c2c1CCCCN2. The Morgan fingerprint density at radius 2 is 1.92 bits per heavy atom. The molecule has 0 unspecified atom stereocenters. The number of nitrogens with zero attached hydrogens (tertiary/aromatic N) is 2. The maximum atomic E-state index is 6.45. The molecule has 0 amide bonds. The summed E-state index contributed by atoms with van der Waals surface area (Å²) in [6.07, 6.45) is 3.29. The van der Waals surface area contributed by atoms with Crippen LogP contribution < -0.4 is 5.32 Å². The number of aromatic nitrogens is 2. The van der Waals surface area contributed by atoms with E-state index < -0.39 is 0 Å². The number of hydrogen-bond acceptors (Lipinski definition) is 2. The molecule has 0 saturated heterocycles. The number of aryl methyl sites for hydroxylation is 1. The topological polar surface area (TPSA) is 29.9 Å². The molecule has 25 heavy (non-hydrogen) atoms. The van der Waals surface area contributed by atoms with E-state index in [0.29, 0.717) is 10.0 Å². The summed E-state index contributed by atoms with van der Waals surface area (Å²) < 4.78 is 1.91. The van der Waals surface area contributed by atoms with Crippen LogP contribution in [0.1, 0.15) is 24.0 Å². The summed E-state index contributed by atoms with van der Waals surface area (Å²) in [4.78, 5) is 0. The third-order valence-electron chi connectivity index (χ3n) is 4.67. The van der Waals surface area contributed by atoms with E-state index in [0.717, 1.165) is 43.0 Å². The first-order chi connectivity index (χ1) is 12.1. The van der Waals surface area contributed by atoms with E-state index in [4.69, 9.17) is 28.3 Å². The van der Waals surface area contributed by atoms with Crippen LogP contribution in [0.25, 0.3) is 16.9 Å². The molecular formula is C20H19Cl2N3. The summed E-state index contributed by atoms with van der Waals surface area (Å²) in [7, 11) is 0. The van der Waals surface area contributed by atoms with Crippen molar-refractivity contribution in [3.05, 3.63) is 63.6 Å². The molecule has 1 N–H and O–H groups in total. The largest absolute Gasteiger partial charge is 0.370 e. The van der Waals surface area contributed by atoms with Crippen LogP contribution in [0.15, 0.2) is 42.5 Å². The van der Waals surface area contributed by atoms with Crippen LogP contribution in [0, 0.1) is 6.92 Å². The minimum Gasteiger partial charge on any atom is -0.370 e. The van der Waals surface area contributed by atoms with Crippen molar-refractivity contribution in [2.75, 3.05) is 11.9 Å². The third-order valence-corrected chi connectivity index (χ3v) is 5.22. The smallest absolute Gasteiger partial charge is 0.133 e. The number of anilines is 1. The van der Waals surface area contributed by atoms with Crippen LogP contribution in [0.3, 0.4) is 0 Å². The van der Waals surface area contributed by atoms with Crippen molar-refractivity contribution >= 4 is 29.0 Å². The molecule has 0 aliphatic carbocycles. The molecule has 1 aliphatic heterocycles. The van der Waals surface area contributed by atoms with Gasteiger partial charge in [0.1, 0.15) is 5.82 Å². The third kappa shape index (κ3) is 3.03. The number of nitrogens with one attached hydrogen (secondary N) is 1. The molecule has 0 fully saturated rings. The Bertz CT molecular complexity index is 931. The van der Waals surface area contributed by atoms with E-state index in [1.165, 1.54) is 16.7 Å². The van der Waals surface area contributed by atoms with Gasteiger partial charge < -0.3 is 5.32 Å². The standard InChI is InChI=1S/C20H19Cl2N3/c1-13-6-2-3-7-15(13)19-16-8-4-5-11-23-20(16)25(24-19)18-12-14(21)9-10-17(18)22/h2-3,6-7,9-10,12,23H,4-5,8,11H2,1H3. The highest BCUT2D eigenvalue weighted by molar-refractivity contribution is 6.34. The zero-order chi connectivity index (χ0) is 17.4. The number of hydrogen-bond donors (Lipinski definition) is 1. The summed E-state index contributed by atoms with van der Waals surface area (Å²) in [5.41, 5.74) is 5.47. The number of halogens is 2. The van der Waals surface area contributed by atoms with E-state index in [1.54, 1.807) is 6.07 Å². The van der Waals surface area contributed by atoms with Crippen LogP contribution in [0.5, 0.6) is 0 Å². The zero-order valence-electron chi connectivity index (χ0n) is 14.0. The predicted molar refractivity (Wildman–Crippen MR) is 105 cm³/mol. The van der Waals surface area contributed by atoms with Crippen molar-refractivity contribution in [1.82, 2.24) is 9.78 Å². The molecule has 2 heterocycles. The molecule has 2 aromatic carbocycles. The Morgan fingerprint density at radius 1 is 1.08 bits per heavy atom. The fraction of sp³-hybridized carbons (Fsp3) is 0.250. The van der Waals surface area contributed by atoms with Crippen molar-refractivity contribution in [1.29, 1.82) is 0 Å². The van der Waals surface area contributed by atoms with Crippen LogP contribution in [0.2, 0.25) is 10.0 Å². The van der Waals surface area contributed by atoms with Crippen LogP contribution in [-0.2, 0) is 6.42 Å². The monoisotopic (exact) mass is 371 g/mol. The van der Waals surface area contributed by atoms with E-state index in [-0.39, 0.29) is 0 Å². The predicted octanol–water partition coefficient (Wildman–Crippen LogP) is 5.90. The van der Waals surface area contributed by atoms with Gasteiger partial charge in [0, 0.05) is 22.7 Å². The van der Waals surface area contributed by atoms with Crippen molar-refractivity contribution in [2.45, 2.75) is 26.2 Å². The molecular weight excluding hydrogens is 353 g/mol. The first-order valence-electron chi connectivity index (χ1n) is 8.52. The van der Waals surface area contributed by atoms with Gasteiger partial charge in [0.2, 0.25) is 0 Å². The molecule has 5 heteroatoms. The van der Waals surface area contributed by atoms with Crippen LogP contribution in [-0.4, -0.2) is 16.3 Å². The highest BCUT2D eigenvalue weighted by Crippen LogP contribution is 2.37. The average molecular weight is 372 g/mol. The van der Waals surface area contributed by atoms with E-state index in [2.05, 4.69) is 36.5 Å². The maximum absolute atomic E-state index is 6.45. The number of benzene rings is 2. The lowest BCUT2D eigenvalue weighted by molar-refractivity contribution is 0.780. The molecule has 0 bridgehead atoms. The molecule has 1 aromatic heterocycles. The van der Waals surface area contributed by atoms with Crippen LogP contribution in [0.4, 0.5) is 5.82 Å². The molecule has 0 saturated carbocycles. The van der Waals surface area contributed by atoms with Gasteiger partial charge in [-0.05, 0) is 49.9 Å². The molecule has 0 spiro atoms. The van der Waals surface area contributed by atoms with Gasteiger partial charge in [-0.2, -0.15) is 5.10 Å². The van der Waals surface area contributed by atoms with Gasteiger partial charge in [-0.25, -0.2) is 4.68 Å². The molecule has 3 nitrogen and oxygen atoms in total. The second-order valence-corrected chi connectivity index (χ2v) is 7.23. The molecule has 3 aromatic rings. The lowest BCUT2D eigenvalue weighted by atomic mass is 10.00. The van der Waals surface area contributed by atoms with E-state index in [9.17, 15) is 0 Å². The van der Waals surface area contributed by atoms with Crippen molar-refractivity contribution < 1.29 is 0 Å². The fourth-order valence-electron chi connectivity index (χ4n) is 3.38. The molecule has 128 valence electrons. The average Bonchev–Trinajstić information content (AvgIpc) is 2.79. The second kappa shape index (κ2) is 6.74. The van der Waals surface area contributed by atoms with E-state index >= 15 is 0 Å². The van der Waals surface area contributed by atoms with E-state index in [1.807, 2.05) is 16.8 Å². The van der Waals surface area contributed by atoms with Gasteiger partial charge in [0.15, 0.2) is 0 Å². The molecule has 4 rings (SSSR count). The lowest BCUT2D eigenvalue weighted by Gasteiger charge is -2.11. The summed E-state index contributed by atoms with van der Waals surface area (Å²) >= 11 is 12.7. The van der Waals surface area contributed by atoms with Gasteiger partial charge in [-0.1, -0.05) is 47.5 Å². The maximum Gasteiger partial charge on any atom is 0.133 e. The Kier molecular flexibility index (Phi) is 4.45. The summed E-state index contributed by atoms with van der Waals surface area (Å²) in [5.74, 6) is 1.03. The van der Waals surface area contributed by atoms with Crippen LogP contribution >= 0.6 is 23.2 Å². The minimum absolute atomic E-state index is 0.636. The minimum atomic E-state index is 0.636. The summed E-state index contributed by atoms with van der Waals surface area (Å²) in [6, 6.07) is 13.9. The lowest BCUT2D eigenvalue weighted by Crippen LogP contribution is -2.07. The molecule has 1 aliphatic rings. The second-order valence-electron chi connectivity index (χ2n) is 6.38. The summed E-state index contributed by atoms with van der Waals surface area (Å²) in [6.45, 7) is 3.06. The van der Waals surface area contributed by atoms with Gasteiger partial charge in [0.25, 0.3) is 0 Å². The molecule has 0 atom stereocenters. The van der Waals surface area contributed by atoms with Gasteiger partial charge in [-0.3, -0.25) is 0 Å². The Balaban J connectivity index is 1.97. The first-order valence-corrected chi connectivity index (χ1v) is 9.28. The molecule has 0 radical (unpaired) electrons. The Labute approximate surface area is 157 Å². The van der Waals surface area contributed by atoms with Gasteiger partial charge in [0.05, 0.1) is 16.4 Å².